The number of aliphatic hydroxyl groups excluding tert-OH is 1. The SMILES string of the molecule is CCC(O)C(=O)C(=O)c1ccc(C)cc1. The first kappa shape index (κ1) is 11.6. The predicted octanol–water partition coefficient (Wildman–Crippen LogP) is 1.52. The van der Waals surface area contributed by atoms with Gasteiger partial charge in [-0.05, 0) is 13.3 Å². The van der Waals surface area contributed by atoms with Crippen molar-refractivity contribution < 1.29 is 14.7 Å². The van der Waals surface area contributed by atoms with E-state index in [4.69, 9.17) is 0 Å². The molecule has 15 heavy (non-hydrogen) atoms. The summed E-state index contributed by atoms with van der Waals surface area (Å²) in [6.45, 7) is 3.56. The molecule has 1 aromatic carbocycles. The van der Waals surface area contributed by atoms with Crippen molar-refractivity contribution in [2.45, 2.75) is 26.4 Å². The van der Waals surface area contributed by atoms with E-state index in [1.807, 2.05) is 6.92 Å². The van der Waals surface area contributed by atoms with E-state index >= 15 is 0 Å². The van der Waals surface area contributed by atoms with E-state index in [0.29, 0.717) is 5.56 Å². The van der Waals surface area contributed by atoms with Crippen LogP contribution in [-0.4, -0.2) is 22.8 Å². The summed E-state index contributed by atoms with van der Waals surface area (Å²) in [5, 5.41) is 9.24. The smallest absolute Gasteiger partial charge is 0.231 e. The van der Waals surface area contributed by atoms with Crippen molar-refractivity contribution >= 4 is 11.6 Å². The standard InChI is InChI=1S/C12H14O3/c1-3-10(13)12(15)11(14)9-6-4-8(2)5-7-9/h4-7,10,13H,3H2,1-2H3. The Morgan fingerprint density at radius 3 is 2.27 bits per heavy atom. The lowest BCUT2D eigenvalue weighted by atomic mass is 10.0. The highest BCUT2D eigenvalue weighted by Gasteiger charge is 2.22. The molecule has 80 valence electrons. The molecular weight excluding hydrogens is 192 g/mol. The fourth-order valence-electron chi connectivity index (χ4n) is 1.18. The second-order valence-corrected chi connectivity index (χ2v) is 3.48. The lowest BCUT2D eigenvalue weighted by Gasteiger charge is -2.05. The highest BCUT2D eigenvalue weighted by molar-refractivity contribution is 6.45. The summed E-state index contributed by atoms with van der Waals surface area (Å²) in [6.07, 6.45) is -0.921. The number of ketones is 2. The van der Waals surface area contributed by atoms with Crippen LogP contribution in [0.25, 0.3) is 0 Å². The second-order valence-electron chi connectivity index (χ2n) is 3.48. The third-order valence-electron chi connectivity index (χ3n) is 2.23. The zero-order chi connectivity index (χ0) is 11.4. The van der Waals surface area contributed by atoms with Crippen molar-refractivity contribution in [1.82, 2.24) is 0 Å². The Labute approximate surface area is 88.7 Å². The van der Waals surface area contributed by atoms with Crippen LogP contribution in [0.15, 0.2) is 24.3 Å². The summed E-state index contributed by atoms with van der Waals surface area (Å²) >= 11 is 0. The average molecular weight is 206 g/mol. The third-order valence-corrected chi connectivity index (χ3v) is 2.23. The van der Waals surface area contributed by atoms with Crippen molar-refractivity contribution in [2.75, 3.05) is 0 Å². The van der Waals surface area contributed by atoms with E-state index in [1.165, 1.54) is 0 Å². The van der Waals surface area contributed by atoms with Gasteiger partial charge in [-0.3, -0.25) is 9.59 Å². The molecular formula is C12H14O3. The monoisotopic (exact) mass is 206 g/mol. The van der Waals surface area contributed by atoms with Crippen LogP contribution in [0.2, 0.25) is 0 Å². The Kier molecular flexibility index (Phi) is 3.74. The minimum absolute atomic E-state index is 0.260. The quantitative estimate of drug-likeness (QED) is 0.600. The van der Waals surface area contributed by atoms with Crippen molar-refractivity contribution in [3.63, 3.8) is 0 Å². The largest absolute Gasteiger partial charge is 0.385 e. The van der Waals surface area contributed by atoms with Gasteiger partial charge in [-0.25, -0.2) is 0 Å². The summed E-state index contributed by atoms with van der Waals surface area (Å²) in [5.41, 5.74) is 1.35. The molecule has 1 N–H and O–H groups in total. The molecule has 0 radical (unpaired) electrons. The molecule has 0 saturated carbocycles. The van der Waals surface area contributed by atoms with Crippen LogP contribution in [0.5, 0.6) is 0 Å². The summed E-state index contributed by atoms with van der Waals surface area (Å²) in [4.78, 5) is 22.9. The Morgan fingerprint density at radius 1 is 1.27 bits per heavy atom. The molecule has 0 spiro atoms. The average Bonchev–Trinajstić information content (AvgIpc) is 2.27. The number of carbonyl (C=O) groups excluding carboxylic acids is 2. The topological polar surface area (TPSA) is 54.4 Å². The molecule has 0 heterocycles. The molecule has 0 aliphatic heterocycles. The molecule has 1 aromatic rings. The van der Waals surface area contributed by atoms with Gasteiger partial charge in [0.25, 0.3) is 0 Å². The molecule has 3 heteroatoms. The van der Waals surface area contributed by atoms with Crippen LogP contribution in [0.3, 0.4) is 0 Å². The summed E-state index contributed by atoms with van der Waals surface area (Å²) in [6, 6.07) is 6.72. The van der Waals surface area contributed by atoms with Crippen molar-refractivity contribution in [3.05, 3.63) is 35.4 Å². The van der Waals surface area contributed by atoms with Crippen LogP contribution in [0.4, 0.5) is 0 Å². The van der Waals surface area contributed by atoms with Gasteiger partial charge in [-0.1, -0.05) is 36.8 Å². The number of Topliss-reactive ketones (excluding diaryl/α,β-unsaturated/α-hetero) is 2. The van der Waals surface area contributed by atoms with Gasteiger partial charge >= 0.3 is 0 Å². The lowest BCUT2D eigenvalue weighted by Crippen LogP contribution is -2.27. The maximum atomic E-state index is 11.5. The first-order valence-electron chi connectivity index (χ1n) is 4.89. The first-order valence-corrected chi connectivity index (χ1v) is 4.89. The van der Waals surface area contributed by atoms with Gasteiger partial charge in [0.1, 0.15) is 6.10 Å². The maximum absolute atomic E-state index is 11.5. The maximum Gasteiger partial charge on any atom is 0.231 e. The zero-order valence-electron chi connectivity index (χ0n) is 8.86. The zero-order valence-corrected chi connectivity index (χ0v) is 8.86. The number of benzene rings is 1. The molecule has 0 aromatic heterocycles. The summed E-state index contributed by atoms with van der Waals surface area (Å²) < 4.78 is 0. The van der Waals surface area contributed by atoms with Crippen LogP contribution >= 0.6 is 0 Å². The summed E-state index contributed by atoms with van der Waals surface area (Å²) in [7, 11) is 0. The van der Waals surface area contributed by atoms with E-state index in [1.54, 1.807) is 31.2 Å². The van der Waals surface area contributed by atoms with Crippen LogP contribution in [0.1, 0.15) is 29.3 Å². The Bertz CT molecular complexity index is 365. The number of carbonyl (C=O) groups is 2. The Morgan fingerprint density at radius 2 is 1.80 bits per heavy atom. The van der Waals surface area contributed by atoms with Crippen molar-refractivity contribution in [1.29, 1.82) is 0 Å². The molecule has 1 unspecified atom stereocenters. The molecule has 3 nitrogen and oxygen atoms in total. The van der Waals surface area contributed by atoms with Gasteiger partial charge in [0, 0.05) is 5.56 Å². The van der Waals surface area contributed by atoms with Crippen molar-refractivity contribution in [3.8, 4) is 0 Å². The highest BCUT2D eigenvalue weighted by Crippen LogP contribution is 2.06. The molecule has 1 atom stereocenters. The van der Waals surface area contributed by atoms with E-state index < -0.39 is 17.7 Å². The lowest BCUT2D eigenvalue weighted by molar-refractivity contribution is -0.122. The number of rotatable bonds is 4. The normalized spacial score (nSPS) is 12.2. The van der Waals surface area contributed by atoms with Gasteiger partial charge in [0.05, 0.1) is 0 Å². The molecule has 0 fully saturated rings. The summed E-state index contributed by atoms with van der Waals surface area (Å²) in [5.74, 6) is -1.36. The van der Waals surface area contributed by atoms with E-state index in [0.717, 1.165) is 5.56 Å². The highest BCUT2D eigenvalue weighted by atomic mass is 16.3. The van der Waals surface area contributed by atoms with Crippen LogP contribution in [0, 0.1) is 6.92 Å². The van der Waals surface area contributed by atoms with Crippen LogP contribution in [-0.2, 0) is 4.79 Å². The number of hydrogen-bond acceptors (Lipinski definition) is 3. The van der Waals surface area contributed by atoms with Crippen molar-refractivity contribution in [2.24, 2.45) is 0 Å². The minimum Gasteiger partial charge on any atom is -0.385 e. The van der Waals surface area contributed by atoms with Gasteiger partial charge in [0.2, 0.25) is 11.6 Å². The van der Waals surface area contributed by atoms with E-state index in [2.05, 4.69) is 0 Å². The second kappa shape index (κ2) is 4.84. The molecule has 0 bridgehead atoms. The van der Waals surface area contributed by atoms with E-state index in [9.17, 15) is 14.7 Å². The molecule has 1 rings (SSSR count). The van der Waals surface area contributed by atoms with Gasteiger partial charge < -0.3 is 5.11 Å². The fraction of sp³-hybridized carbons (Fsp3) is 0.333. The van der Waals surface area contributed by atoms with Gasteiger partial charge in [-0.15, -0.1) is 0 Å². The third kappa shape index (κ3) is 2.73. The molecule has 0 saturated heterocycles. The number of aryl methyl sites for hydroxylation is 1. The Hall–Kier alpha value is -1.48. The molecule has 0 aliphatic rings. The van der Waals surface area contributed by atoms with E-state index in [-0.39, 0.29) is 6.42 Å². The minimum atomic E-state index is -1.18. The molecule has 0 aliphatic carbocycles. The Balaban J connectivity index is 2.85. The number of hydrogen-bond donors (Lipinski definition) is 1. The number of aliphatic hydroxyl groups is 1. The molecule has 0 amide bonds. The van der Waals surface area contributed by atoms with Crippen LogP contribution < -0.4 is 0 Å². The van der Waals surface area contributed by atoms with Gasteiger partial charge in [0.15, 0.2) is 0 Å². The predicted molar refractivity (Wildman–Crippen MR) is 56.8 cm³/mol. The van der Waals surface area contributed by atoms with Gasteiger partial charge in [-0.2, -0.15) is 0 Å². The first-order chi connectivity index (χ1) is 7.06. The fourth-order valence-corrected chi connectivity index (χ4v) is 1.18.